The van der Waals surface area contributed by atoms with E-state index in [1.807, 2.05) is 6.08 Å². The van der Waals surface area contributed by atoms with Crippen molar-refractivity contribution in [2.75, 3.05) is 6.67 Å². The first-order valence-corrected chi connectivity index (χ1v) is 9.82. The van der Waals surface area contributed by atoms with Gasteiger partial charge in [0, 0.05) is 12.3 Å². The normalized spacial score (nSPS) is 49.0. The maximum absolute atomic E-state index is 13.1. The first-order valence-electron chi connectivity index (χ1n) is 9.82. The summed E-state index contributed by atoms with van der Waals surface area (Å²) in [5.41, 5.74) is 0.855. The molecule has 0 amide bonds. The van der Waals surface area contributed by atoms with E-state index in [-0.39, 0.29) is 34.2 Å². The first-order chi connectivity index (χ1) is 11.8. The summed E-state index contributed by atoms with van der Waals surface area (Å²) in [6.07, 6.45) is 6.98. The number of fused-ring (bicyclic) bond motifs is 5. The number of ketones is 2. The number of aliphatic hydroxyl groups excluding tert-OH is 1. The predicted octanol–water partition coefficient (Wildman–Crippen LogP) is 3.64. The Bertz CT molecular complexity index is 641. The molecule has 0 saturated heterocycles. The van der Waals surface area contributed by atoms with Crippen LogP contribution in [0.2, 0.25) is 0 Å². The van der Waals surface area contributed by atoms with Gasteiger partial charge >= 0.3 is 0 Å². The molecular formula is C21H29FO3. The number of aliphatic hydroxyl groups is 1. The van der Waals surface area contributed by atoms with Crippen LogP contribution in [0.1, 0.15) is 58.8 Å². The molecule has 4 rings (SSSR count). The van der Waals surface area contributed by atoms with E-state index in [2.05, 4.69) is 13.8 Å². The Morgan fingerprint density at radius 3 is 2.76 bits per heavy atom. The first kappa shape index (κ1) is 17.4. The molecule has 3 fully saturated rings. The lowest BCUT2D eigenvalue weighted by Gasteiger charge is -2.59. The zero-order valence-electron chi connectivity index (χ0n) is 15.3. The predicted molar refractivity (Wildman–Crippen MR) is 92.6 cm³/mol. The average molecular weight is 348 g/mol. The fourth-order valence-corrected chi connectivity index (χ4v) is 7.31. The van der Waals surface area contributed by atoms with Crippen molar-refractivity contribution < 1.29 is 19.1 Å². The summed E-state index contributed by atoms with van der Waals surface area (Å²) in [5.74, 6) is 0.629. The Morgan fingerprint density at radius 2 is 2.04 bits per heavy atom. The van der Waals surface area contributed by atoms with E-state index in [0.717, 1.165) is 32.1 Å². The highest BCUT2D eigenvalue weighted by molar-refractivity contribution is 5.91. The van der Waals surface area contributed by atoms with Crippen molar-refractivity contribution in [2.24, 2.45) is 34.5 Å². The van der Waals surface area contributed by atoms with E-state index < -0.39 is 12.8 Å². The van der Waals surface area contributed by atoms with Gasteiger partial charge in [0.15, 0.2) is 11.6 Å². The third-order valence-electron chi connectivity index (χ3n) is 8.41. The van der Waals surface area contributed by atoms with Crippen molar-refractivity contribution in [1.29, 1.82) is 0 Å². The number of Topliss-reactive ketones (excluding diaryl/α,β-unsaturated/α-hetero) is 1. The van der Waals surface area contributed by atoms with Gasteiger partial charge in [0.05, 0.1) is 6.10 Å². The van der Waals surface area contributed by atoms with Crippen LogP contribution in [-0.2, 0) is 9.59 Å². The minimum absolute atomic E-state index is 0.0975. The van der Waals surface area contributed by atoms with Crippen LogP contribution in [0.5, 0.6) is 0 Å². The number of rotatable bonds is 2. The van der Waals surface area contributed by atoms with Crippen molar-refractivity contribution >= 4 is 11.6 Å². The molecule has 4 aliphatic carbocycles. The maximum Gasteiger partial charge on any atom is 0.167 e. The molecule has 0 unspecified atom stereocenters. The summed E-state index contributed by atoms with van der Waals surface area (Å²) in [6, 6.07) is 0. The van der Waals surface area contributed by atoms with Crippen molar-refractivity contribution in [1.82, 2.24) is 0 Å². The van der Waals surface area contributed by atoms with Gasteiger partial charge in [0.2, 0.25) is 0 Å². The summed E-state index contributed by atoms with van der Waals surface area (Å²) in [4.78, 5) is 24.0. The third-order valence-corrected chi connectivity index (χ3v) is 8.41. The topological polar surface area (TPSA) is 54.4 Å². The van der Waals surface area contributed by atoms with Crippen molar-refractivity contribution in [3.05, 3.63) is 11.6 Å². The molecule has 0 aromatic carbocycles. The number of carbonyl (C=O) groups is 2. The van der Waals surface area contributed by atoms with E-state index >= 15 is 0 Å². The molecule has 0 radical (unpaired) electrons. The number of hydrogen-bond acceptors (Lipinski definition) is 3. The van der Waals surface area contributed by atoms with Gasteiger partial charge in [-0.2, -0.15) is 0 Å². The molecule has 0 bridgehead atoms. The minimum Gasteiger partial charge on any atom is -0.393 e. The monoisotopic (exact) mass is 348 g/mol. The van der Waals surface area contributed by atoms with Crippen LogP contribution in [0.25, 0.3) is 0 Å². The Hall–Kier alpha value is -1.03. The molecule has 4 aliphatic rings. The molecule has 0 aromatic heterocycles. The molecule has 25 heavy (non-hydrogen) atoms. The van der Waals surface area contributed by atoms with Gasteiger partial charge in [-0.25, -0.2) is 4.39 Å². The van der Waals surface area contributed by atoms with Crippen LogP contribution in [0.15, 0.2) is 11.6 Å². The number of allylic oxidation sites excluding steroid dienone is 1. The van der Waals surface area contributed by atoms with Crippen LogP contribution >= 0.6 is 0 Å². The van der Waals surface area contributed by atoms with Gasteiger partial charge in [0.1, 0.15) is 6.67 Å². The smallest absolute Gasteiger partial charge is 0.167 e. The Kier molecular flexibility index (Phi) is 3.99. The van der Waals surface area contributed by atoms with Crippen LogP contribution in [0.4, 0.5) is 4.39 Å². The largest absolute Gasteiger partial charge is 0.393 e. The zero-order chi connectivity index (χ0) is 18.0. The molecule has 3 saturated carbocycles. The maximum atomic E-state index is 13.1. The lowest BCUT2D eigenvalue weighted by molar-refractivity contribution is -0.145. The van der Waals surface area contributed by atoms with E-state index in [1.165, 1.54) is 5.57 Å². The molecule has 138 valence electrons. The molecule has 3 nitrogen and oxygen atoms in total. The highest BCUT2D eigenvalue weighted by atomic mass is 19.1. The van der Waals surface area contributed by atoms with E-state index in [1.54, 1.807) is 0 Å². The number of halogens is 1. The summed E-state index contributed by atoms with van der Waals surface area (Å²) in [6.45, 7) is 3.46. The van der Waals surface area contributed by atoms with Gasteiger partial charge in [-0.3, -0.25) is 9.59 Å². The summed E-state index contributed by atoms with van der Waals surface area (Å²) < 4.78 is 13.1. The minimum atomic E-state index is -0.885. The number of hydrogen-bond donors (Lipinski definition) is 1. The molecule has 1 N–H and O–H groups in total. The van der Waals surface area contributed by atoms with Crippen LogP contribution < -0.4 is 0 Å². The average Bonchev–Trinajstić information content (AvgIpc) is 2.91. The fourth-order valence-electron chi connectivity index (χ4n) is 7.31. The van der Waals surface area contributed by atoms with E-state index in [9.17, 15) is 19.1 Å². The van der Waals surface area contributed by atoms with Crippen molar-refractivity contribution in [2.45, 2.75) is 64.9 Å². The second-order valence-corrected chi connectivity index (χ2v) is 9.40. The van der Waals surface area contributed by atoms with Crippen LogP contribution in [-0.4, -0.2) is 29.5 Å². The molecule has 0 spiro atoms. The molecular weight excluding hydrogens is 319 g/mol. The summed E-state index contributed by atoms with van der Waals surface area (Å²) >= 11 is 0. The summed E-state index contributed by atoms with van der Waals surface area (Å²) in [5, 5.41) is 11.1. The fraction of sp³-hybridized carbons (Fsp3) is 0.810. The van der Waals surface area contributed by atoms with Gasteiger partial charge in [-0.05, 0) is 73.2 Å². The van der Waals surface area contributed by atoms with Gasteiger partial charge < -0.3 is 5.11 Å². The Labute approximate surface area is 149 Å². The number of carbonyl (C=O) groups excluding carboxylic acids is 2. The van der Waals surface area contributed by atoms with Gasteiger partial charge in [-0.15, -0.1) is 0 Å². The molecule has 4 heteroatoms. The molecule has 0 heterocycles. The lowest BCUT2D eigenvalue weighted by atomic mass is 9.46. The number of alkyl halides is 1. The quantitative estimate of drug-likeness (QED) is 0.829. The van der Waals surface area contributed by atoms with E-state index in [0.29, 0.717) is 24.7 Å². The summed E-state index contributed by atoms with van der Waals surface area (Å²) in [7, 11) is 0. The van der Waals surface area contributed by atoms with Gasteiger partial charge in [-0.1, -0.05) is 19.4 Å². The molecule has 0 aliphatic heterocycles. The van der Waals surface area contributed by atoms with E-state index in [4.69, 9.17) is 0 Å². The van der Waals surface area contributed by atoms with Crippen molar-refractivity contribution in [3.8, 4) is 0 Å². The second-order valence-electron chi connectivity index (χ2n) is 9.40. The molecule has 0 aromatic rings. The highest BCUT2D eigenvalue weighted by Gasteiger charge is 2.62. The molecule has 7 atom stereocenters. The Balaban J connectivity index is 1.70. The highest BCUT2D eigenvalue weighted by Crippen LogP contribution is 2.66. The SMILES string of the molecule is C[C@@]12C[C@H](O)[C@@H]3[C@H](CCC4=CC(=O)CC[C@@]43C)[C@H]1CC[C@H]2C(=O)CF. The Morgan fingerprint density at radius 1 is 1.28 bits per heavy atom. The van der Waals surface area contributed by atoms with Crippen LogP contribution in [0, 0.1) is 34.5 Å². The third kappa shape index (κ3) is 2.32. The zero-order valence-corrected chi connectivity index (χ0v) is 15.3. The lowest BCUT2D eigenvalue weighted by Crippen LogP contribution is -2.57. The van der Waals surface area contributed by atoms with Crippen molar-refractivity contribution in [3.63, 3.8) is 0 Å². The van der Waals surface area contributed by atoms with Gasteiger partial charge in [0.25, 0.3) is 0 Å². The second kappa shape index (κ2) is 5.73. The standard InChI is InChI=1S/C21H29FO3/c1-20-8-7-13(23)9-12(20)3-4-14-15-5-6-16(18(25)11-22)21(15,2)10-17(24)19(14)20/h9,14-17,19,24H,3-8,10-11H2,1-2H3/t14-,15-,16+,17+,19+,20+,21-/m1/s1. The van der Waals surface area contributed by atoms with Crippen LogP contribution in [0.3, 0.4) is 0 Å².